The number of likely N-dealkylation sites (tertiary alicyclic amines) is 2. The van der Waals surface area contributed by atoms with Gasteiger partial charge in [0, 0.05) is 30.0 Å². The maximum Gasteiger partial charge on any atom is 0.225 e. The molecule has 0 radical (unpaired) electrons. The lowest BCUT2D eigenvalue weighted by Gasteiger charge is -2.36. The van der Waals surface area contributed by atoms with E-state index >= 15 is 0 Å². The first-order chi connectivity index (χ1) is 11.1. The molecule has 2 aliphatic rings. The second-order valence-corrected chi connectivity index (χ2v) is 8.10. The minimum atomic E-state index is 0.252. The highest BCUT2D eigenvalue weighted by Gasteiger charge is 2.30. The van der Waals surface area contributed by atoms with Gasteiger partial charge in [0.25, 0.3) is 0 Å². The van der Waals surface area contributed by atoms with Gasteiger partial charge in [-0.2, -0.15) is 0 Å². The first kappa shape index (κ1) is 17.0. The topological polar surface area (TPSA) is 23.6 Å². The molecule has 0 atom stereocenters. The molecule has 0 saturated carbocycles. The van der Waals surface area contributed by atoms with Gasteiger partial charge < -0.3 is 4.90 Å². The average Bonchev–Trinajstić information content (AvgIpc) is 2.56. The summed E-state index contributed by atoms with van der Waals surface area (Å²) in [5.41, 5.74) is 1.34. The van der Waals surface area contributed by atoms with Crippen LogP contribution in [0.5, 0.6) is 0 Å². The van der Waals surface area contributed by atoms with Crippen LogP contribution in [0.2, 0.25) is 0 Å². The van der Waals surface area contributed by atoms with Gasteiger partial charge in [0.15, 0.2) is 0 Å². The summed E-state index contributed by atoms with van der Waals surface area (Å²) in [5, 5.41) is 0. The van der Waals surface area contributed by atoms with E-state index in [1.165, 1.54) is 18.4 Å². The number of hydrogen-bond acceptors (Lipinski definition) is 2. The molecule has 0 unspecified atom stereocenters. The third kappa shape index (κ3) is 4.57. The first-order valence-electron chi connectivity index (χ1n) is 8.87. The normalized spacial score (nSPS) is 21.6. The number of halogens is 1. The molecule has 1 amide bonds. The number of benzene rings is 1. The fraction of sp³-hybridized carbons (Fsp3) is 0.632. The largest absolute Gasteiger partial charge is 0.342 e. The van der Waals surface area contributed by atoms with Crippen LogP contribution in [0.4, 0.5) is 0 Å². The zero-order valence-electron chi connectivity index (χ0n) is 14.0. The lowest BCUT2D eigenvalue weighted by atomic mass is 9.92. The Morgan fingerprint density at radius 3 is 2.48 bits per heavy atom. The first-order valence-corrected chi connectivity index (χ1v) is 9.66. The van der Waals surface area contributed by atoms with Gasteiger partial charge in [0.1, 0.15) is 0 Å². The van der Waals surface area contributed by atoms with Crippen LogP contribution in [0.25, 0.3) is 0 Å². The predicted octanol–water partition coefficient (Wildman–Crippen LogP) is 3.92. The highest BCUT2D eigenvalue weighted by atomic mass is 79.9. The molecule has 126 valence electrons. The average molecular weight is 379 g/mol. The number of nitrogens with zero attached hydrogens (tertiary/aromatic N) is 2. The summed E-state index contributed by atoms with van der Waals surface area (Å²) in [6.45, 7) is 7.29. The number of rotatable bonds is 3. The Balaban J connectivity index is 1.47. The van der Waals surface area contributed by atoms with Crippen molar-refractivity contribution < 1.29 is 4.79 Å². The van der Waals surface area contributed by atoms with Crippen LogP contribution >= 0.6 is 15.9 Å². The fourth-order valence-corrected chi connectivity index (χ4v) is 4.17. The molecule has 0 N–H and O–H groups in total. The summed E-state index contributed by atoms with van der Waals surface area (Å²) in [4.78, 5) is 17.3. The van der Waals surface area contributed by atoms with E-state index in [9.17, 15) is 4.79 Å². The third-order valence-electron chi connectivity index (χ3n) is 5.33. The number of carbonyl (C=O) groups is 1. The molecule has 0 bridgehead atoms. The minimum absolute atomic E-state index is 0.252. The number of hydrogen-bond donors (Lipinski definition) is 0. The van der Waals surface area contributed by atoms with Gasteiger partial charge >= 0.3 is 0 Å². The van der Waals surface area contributed by atoms with Crippen LogP contribution in [0.15, 0.2) is 28.7 Å². The molecule has 0 aromatic heterocycles. The molecule has 1 aromatic carbocycles. The van der Waals surface area contributed by atoms with Gasteiger partial charge in [-0.25, -0.2) is 0 Å². The van der Waals surface area contributed by atoms with E-state index in [0.717, 1.165) is 56.0 Å². The van der Waals surface area contributed by atoms with E-state index in [4.69, 9.17) is 0 Å². The van der Waals surface area contributed by atoms with Crippen LogP contribution in [0.1, 0.15) is 38.2 Å². The molecule has 2 heterocycles. The summed E-state index contributed by atoms with van der Waals surface area (Å²) < 4.78 is 1.14. The quantitative estimate of drug-likeness (QED) is 0.795. The summed E-state index contributed by atoms with van der Waals surface area (Å²) in [7, 11) is 0. The Labute approximate surface area is 148 Å². The summed E-state index contributed by atoms with van der Waals surface area (Å²) in [6.07, 6.45) is 4.37. The zero-order valence-corrected chi connectivity index (χ0v) is 15.6. The molecule has 1 aromatic rings. The maximum absolute atomic E-state index is 12.7. The van der Waals surface area contributed by atoms with Crippen molar-refractivity contribution in [2.75, 3.05) is 26.2 Å². The Bertz CT molecular complexity index is 532. The smallest absolute Gasteiger partial charge is 0.225 e. The third-order valence-corrected chi connectivity index (χ3v) is 5.82. The number of piperidine rings is 2. The van der Waals surface area contributed by atoms with Crippen molar-refractivity contribution in [3.63, 3.8) is 0 Å². The molecule has 0 aliphatic carbocycles. The molecular weight excluding hydrogens is 352 g/mol. The number of amides is 1. The van der Waals surface area contributed by atoms with Crippen LogP contribution in [0.3, 0.4) is 0 Å². The molecule has 2 fully saturated rings. The maximum atomic E-state index is 12.7. The SMILES string of the molecule is CC1CCN(C(=O)C2CCN(Cc3cccc(Br)c3)CC2)CC1. The molecule has 23 heavy (non-hydrogen) atoms. The van der Waals surface area contributed by atoms with Gasteiger partial charge in [-0.05, 0) is 62.4 Å². The monoisotopic (exact) mass is 378 g/mol. The molecule has 2 saturated heterocycles. The van der Waals surface area contributed by atoms with Gasteiger partial charge in [-0.15, -0.1) is 0 Å². The van der Waals surface area contributed by atoms with Crippen LogP contribution in [-0.4, -0.2) is 41.9 Å². The second-order valence-electron chi connectivity index (χ2n) is 7.19. The second kappa shape index (κ2) is 7.80. The lowest BCUT2D eigenvalue weighted by molar-refractivity contribution is -0.138. The van der Waals surface area contributed by atoms with E-state index in [1.54, 1.807) is 0 Å². The van der Waals surface area contributed by atoms with Crippen LogP contribution in [-0.2, 0) is 11.3 Å². The van der Waals surface area contributed by atoms with Crippen molar-refractivity contribution >= 4 is 21.8 Å². The van der Waals surface area contributed by atoms with Crippen molar-refractivity contribution in [3.05, 3.63) is 34.3 Å². The van der Waals surface area contributed by atoms with E-state index in [1.807, 2.05) is 0 Å². The van der Waals surface area contributed by atoms with Gasteiger partial charge in [0.2, 0.25) is 5.91 Å². The van der Waals surface area contributed by atoms with Crippen molar-refractivity contribution in [2.45, 2.75) is 39.2 Å². The van der Waals surface area contributed by atoms with E-state index in [0.29, 0.717) is 5.91 Å². The highest BCUT2D eigenvalue weighted by molar-refractivity contribution is 9.10. The molecule has 3 rings (SSSR count). The zero-order chi connectivity index (χ0) is 16.2. The van der Waals surface area contributed by atoms with Gasteiger partial charge in [-0.3, -0.25) is 9.69 Å². The molecular formula is C19H27BrN2O. The Morgan fingerprint density at radius 2 is 1.83 bits per heavy atom. The Kier molecular flexibility index (Phi) is 5.76. The Morgan fingerprint density at radius 1 is 1.13 bits per heavy atom. The fourth-order valence-electron chi connectivity index (χ4n) is 3.72. The minimum Gasteiger partial charge on any atom is -0.342 e. The molecule has 3 nitrogen and oxygen atoms in total. The van der Waals surface area contributed by atoms with Crippen LogP contribution < -0.4 is 0 Å². The van der Waals surface area contributed by atoms with Gasteiger partial charge in [0.05, 0.1) is 0 Å². The Hall–Kier alpha value is -0.870. The van der Waals surface area contributed by atoms with Crippen molar-refractivity contribution in [2.24, 2.45) is 11.8 Å². The van der Waals surface area contributed by atoms with Crippen molar-refractivity contribution in [1.82, 2.24) is 9.80 Å². The molecule has 2 aliphatic heterocycles. The van der Waals surface area contributed by atoms with E-state index < -0.39 is 0 Å². The summed E-state index contributed by atoms with van der Waals surface area (Å²) in [5.74, 6) is 1.45. The lowest BCUT2D eigenvalue weighted by Crippen LogP contribution is -2.45. The highest BCUT2D eigenvalue weighted by Crippen LogP contribution is 2.24. The molecule has 0 spiro atoms. The van der Waals surface area contributed by atoms with E-state index in [2.05, 4.69) is 56.9 Å². The number of carbonyl (C=O) groups excluding carboxylic acids is 1. The van der Waals surface area contributed by atoms with Crippen molar-refractivity contribution in [3.8, 4) is 0 Å². The summed E-state index contributed by atoms with van der Waals surface area (Å²) in [6, 6.07) is 8.52. The van der Waals surface area contributed by atoms with Crippen LogP contribution in [0, 0.1) is 11.8 Å². The predicted molar refractivity (Wildman–Crippen MR) is 97.1 cm³/mol. The van der Waals surface area contributed by atoms with Gasteiger partial charge in [-0.1, -0.05) is 35.0 Å². The standard InChI is InChI=1S/C19H27BrN2O/c1-15-5-11-22(12-6-15)19(23)17-7-9-21(10-8-17)14-16-3-2-4-18(20)13-16/h2-4,13,15,17H,5-12,14H2,1H3. The molecule has 4 heteroatoms. The summed E-state index contributed by atoms with van der Waals surface area (Å²) >= 11 is 3.54. The van der Waals surface area contributed by atoms with Crippen molar-refractivity contribution in [1.29, 1.82) is 0 Å². The van der Waals surface area contributed by atoms with E-state index in [-0.39, 0.29) is 5.92 Å².